The van der Waals surface area contributed by atoms with Crippen molar-refractivity contribution in [2.45, 2.75) is 38.6 Å². The fourth-order valence-corrected chi connectivity index (χ4v) is 3.57. The number of aromatic nitrogens is 2. The van der Waals surface area contributed by atoms with Crippen molar-refractivity contribution >= 4 is 5.91 Å². The third-order valence-corrected chi connectivity index (χ3v) is 5.04. The van der Waals surface area contributed by atoms with E-state index in [2.05, 4.69) is 22.4 Å². The third-order valence-electron chi connectivity index (χ3n) is 5.04. The highest BCUT2D eigenvalue weighted by Gasteiger charge is 2.26. The summed E-state index contributed by atoms with van der Waals surface area (Å²) >= 11 is 0. The average Bonchev–Trinajstić information content (AvgIpc) is 3.10. The van der Waals surface area contributed by atoms with E-state index in [9.17, 15) is 9.18 Å². The van der Waals surface area contributed by atoms with Gasteiger partial charge in [0.25, 0.3) is 0 Å². The van der Waals surface area contributed by atoms with Crippen molar-refractivity contribution in [1.29, 1.82) is 0 Å². The van der Waals surface area contributed by atoms with Gasteiger partial charge in [-0.25, -0.2) is 4.39 Å². The molecule has 1 fully saturated rings. The number of piperidine rings is 1. The van der Waals surface area contributed by atoms with Crippen molar-refractivity contribution in [2.24, 2.45) is 5.92 Å². The second-order valence-corrected chi connectivity index (χ2v) is 7.23. The number of nitrogens with one attached hydrogen (secondary N) is 2. The van der Waals surface area contributed by atoms with E-state index < -0.39 is 0 Å². The zero-order valence-electron chi connectivity index (χ0n) is 15.5. The Bertz CT molecular complexity index is 745. The maximum absolute atomic E-state index is 13.3. The standard InChI is InChI=1S/C20H27FN4O/c1-14-11-16(8-9-22-14)20(26)25(2)10-4-7-18-13-19(24-23-18)15-5-3-6-17(21)12-15/h3,5-6,12-14,16,22H,4,7-11H2,1-2H3,(H,23,24)/t14-,16-/m0/s1. The molecule has 0 unspecified atom stereocenters. The van der Waals surface area contributed by atoms with Crippen molar-refractivity contribution in [3.05, 3.63) is 41.8 Å². The Kier molecular flexibility index (Phi) is 6.04. The predicted molar refractivity (Wildman–Crippen MR) is 100 cm³/mol. The Morgan fingerprint density at radius 3 is 3.00 bits per heavy atom. The average molecular weight is 358 g/mol. The van der Waals surface area contributed by atoms with Gasteiger partial charge >= 0.3 is 0 Å². The molecular weight excluding hydrogens is 331 g/mol. The van der Waals surface area contributed by atoms with E-state index >= 15 is 0 Å². The fourth-order valence-electron chi connectivity index (χ4n) is 3.57. The maximum atomic E-state index is 13.3. The van der Waals surface area contributed by atoms with Gasteiger partial charge in [-0.1, -0.05) is 12.1 Å². The number of hydrogen-bond acceptors (Lipinski definition) is 3. The fraction of sp³-hybridized carbons (Fsp3) is 0.500. The molecule has 0 saturated carbocycles. The van der Waals surface area contributed by atoms with Crippen LogP contribution in [0.1, 0.15) is 31.9 Å². The topological polar surface area (TPSA) is 61.0 Å². The number of amides is 1. The molecule has 1 aliphatic heterocycles. The summed E-state index contributed by atoms with van der Waals surface area (Å²) in [6, 6.07) is 8.79. The number of carbonyl (C=O) groups excluding carboxylic acids is 1. The summed E-state index contributed by atoms with van der Waals surface area (Å²) in [4.78, 5) is 14.4. The normalized spacial score (nSPS) is 20.1. The molecule has 1 aliphatic rings. The molecule has 2 aromatic rings. The van der Waals surface area contributed by atoms with E-state index in [4.69, 9.17) is 0 Å². The Morgan fingerprint density at radius 2 is 2.23 bits per heavy atom. The Hall–Kier alpha value is -2.21. The van der Waals surface area contributed by atoms with Crippen molar-refractivity contribution < 1.29 is 9.18 Å². The van der Waals surface area contributed by atoms with Gasteiger partial charge in [0.15, 0.2) is 0 Å². The number of H-pyrrole nitrogens is 1. The minimum absolute atomic E-state index is 0.142. The summed E-state index contributed by atoms with van der Waals surface area (Å²) in [5.74, 6) is 0.130. The second-order valence-electron chi connectivity index (χ2n) is 7.23. The lowest BCUT2D eigenvalue weighted by Gasteiger charge is -2.30. The molecule has 2 heterocycles. The molecule has 0 aliphatic carbocycles. The molecular formula is C20H27FN4O. The number of benzene rings is 1. The number of aryl methyl sites for hydroxylation is 1. The summed E-state index contributed by atoms with van der Waals surface area (Å²) in [7, 11) is 1.89. The molecule has 0 spiro atoms. The van der Waals surface area contributed by atoms with Crippen molar-refractivity contribution in [1.82, 2.24) is 20.4 Å². The number of hydrogen-bond donors (Lipinski definition) is 2. The van der Waals surface area contributed by atoms with E-state index in [-0.39, 0.29) is 17.6 Å². The van der Waals surface area contributed by atoms with Gasteiger partial charge in [0.2, 0.25) is 5.91 Å². The highest BCUT2D eigenvalue weighted by Crippen LogP contribution is 2.20. The predicted octanol–water partition coefficient (Wildman–Crippen LogP) is 2.99. The Morgan fingerprint density at radius 1 is 1.38 bits per heavy atom. The van der Waals surface area contributed by atoms with Gasteiger partial charge in [-0.15, -0.1) is 0 Å². The second kappa shape index (κ2) is 8.45. The highest BCUT2D eigenvalue weighted by molar-refractivity contribution is 5.78. The van der Waals surface area contributed by atoms with Gasteiger partial charge in [-0.05, 0) is 57.4 Å². The quantitative estimate of drug-likeness (QED) is 0.834. The summed E-state index contributed by atoms with van der Waals surface area (Å²) in [5.41, 5.74) is 2.51. The number of carbonyl (C=O) groups is 1. The van der Waals surface area contributed by atoms with Crippen LogP contribution in [0.15, 0.2) is 30.3 Å². The number of aromatic amines is 1. The van der Waals surface area contributed by atoms with Gasteiger partial charge in [0, 0.05) is 36.8 Å². The van der Waals surface area contributed by atoms with Gasteiger partial charge in [0.05, 0.1) is 5.69 Å². The summed E-state index contributed by atoms with van der Waals surface area (Å²) < 4.78 is 13.3. The van der Waals surface area contributed by atoms with Gasteiger partial charge in [-0.3, -0.25) is 9.89 Å². The summed E-state index contributed by atoms with van der Waals surface area (Å²) in [6.07, 6.45) is 3.52. The Labute approximate surface area is 154 Å². The largest absolute Gasteiger partial charge is 0.346 e. The van der Waals surface area contributed by atoms with Crippen molar-refractivity contribution in [3.63, 3.8) is 0 Å². The van der Waals surface area contributed by atoms with Crippen LogP contribution in [0.5, 0.6) is 0 Å². The first kappa shape index (κ1) is 18.6. The zero-order valence-corrected chi connectivity index (χ0v) is 15.5. The van der Waals surface area contributed by atoms with Gasteiger partial charge in [-0.2, -0.15) is 5.10 Å². The molecule has 26 heavy (non-hydrogen) atoms. The molecule has 140 valence electrons. The number of rotatable bonds is 6. The molecule has 3 rings (SSSR count). The third kappa shape index (κ3) is 4.69. The van der Waals surface area contributed by atoms with Crippen LogP contribution in [-0.4, -0.2) is 47.2 Å². The molecule has 1 aromatic heterocycles. The van der Waals surface area contributed by atoms with Crippen LogP contribution < -0.4 is 5.32 Å². The van der Waals surface area contributed by atoms with Crippen LogP contribution in [0.3, 0.4) is 0 Å². The van der Waals surface area contributed by atoms with Crippen LogP contribution in [0, 0.1) is 11.7 Å². The lowest BCUT2D eigenvalue weighted by molar-refractivity contribution is -0.135. The van der Waals surface area contributed by atoms with E-state index in [1.165, 1.54) is 12.1 Å². The molecule has 2 atom stereocenters. The van der Waals surface area contributed by atoms with Gasteiger partial charge < -0.3 is 10.2 Å². The molecule has 2 N–H and O–H groups in total. The smallest absolute Gasteiger partial charge is 0.225 e. The van der Waals surface area contributed by atoms with Gasteiger partial charge in [0.1, 0.15) is 5.82 Å². The van der Waals surface area contributed by atoms with Crippen molar-refractivity contribution in [2.75, 3.05) is 20.1 Å². The lowest BCUT2D eigenvalue weighted by atomic mass is 9.92. The van der Waals surface area contributed by atoms with Crippen LogP contribution in [-0.2, 0) is 11.2 Å². The first-order valence-corrected chi connectivity index (χ1v) is 9.31. The zero-order chi connectivity index (χ0) is 18.5. The number of halogens is 1. The monoisotopic (exact) mass is 358 g/mol. The molecule has 1 aromatic carbocycles. The first-order valence-electron chi connectivity index (χ1n) is 9.31. The van der Waals surface area contributed by atoms with E-state index in [0.29, 0.717) is 6.04 Å². The molecule has 1 amide bonds. The van der Waals surface area contributed by atoms with Crippen LogP contribution in [0.2, 0.25) is 0 Å². The SMILES string of the molecule is C[C@H]1C[C@@H](C(=O)N(C)CCCc2cc(-c3cccc(F)c3)n[nH]2)CCN1. The molecule has 1 saturated heterocycles. The van der Waals surface area contributed by atoms with E-state index in [0.717, 1.165) is 55.7 Å². The molecule has 0 radical (unpaired) electrons. The molecule has 5 nitrogen and oxygen atoms in total. The minimum atomic E-state index is -0.264. The lowest BCUT2D eigenvalue weighted by Crippen LogP contribution is -2.43. The van der Waals surface area contributed by atoms with Crippen LogP contribution in [0.25, 0.3) is 11.3 Å². The summed E-state index contributed by atoms with van der Waals surface area (Å²) in [6.45, 7) is 3.78. The summed E-state index contributed by atoms with van der Waals surface area (Å²) in [5, 5.41) is 10.7. The molecule has 0 bridgehead atoms. The maximum Gasteiger partial charge on any atom is 0.225 e. The minimum Gasteiger partial charge on any atom is -0.346 e. The highest BCUT2D eigenvalue weighted by atomic mass is 19.1. The van der Waals surface area contributed by atoms with Crippen LogP contribution in [0.4, 0.5) is 4.39 Å². The van der Waals surface area contributed by atoms with Crippen LogP contribution >= 0.6 is 0 Å². The first-order chi connectivity index (χ1) is 12.5. The van der Waals surface area contributed by atoms with E-state index in [1.807, 2.05) is 24.1 Å². The Balaban J connectivity index is 1.48. The molecule has 6 heteroatoms. The van der Waals surface area contributed by atoms with E-state index in [1.54, 1.807) is 6.07 Å². The van der Waals surface area contributed by atoms with Crippen molar-refractivity contribution in [3.8, 4) is 11.3 Å². The number of nitrogens with zero attached hydrogens (tertiary/aromatic N) is 2.